The first-order valence-electron chi connectivity index (χ1n) is 4.65. The van der Waals surface area contributed by atoms with Crippen molar-refractivity contribution in [3.63, 3.8) is 0 Å². The topological polar surface area (TPSA) is 53.4 Å². The summed E-state index contributed by atoms with van der Waals surface area (Å²) >= 11 is 1.41. The number of thiazole rings is 1. The first-order chi connectivity index (χ1) is 6.79. The Morgan fingerprint density at radius 3 is 2.79 bits per heavy atom. The number of rotatable bonds is 3. The Balaban J connectivity index is 2.19. The van der Waals surface area contributed by atoms with Crippen LogP contribution in [0.15, 0.2) is 11.6 Å². The molecule has 0 bridgehead atoms. The average Bonchev–Trinajstić information content (AvgIpc) is 2.75. The minimum absolute atomic E-state index is 0.530. The van der Waals surface area contributed by atoms with Crippen molar-refractivity contribution in [2.75, 3.05) is 13.1 Å². The highest BCUT2D eigenvalue weighted by atomic mass is 32.1. The molecule has 1 fully saturated rings. The highest BCUT2D eigenvalue weighted by Gasteiger charge is 2.31. The lowest BCUT2D eigenvalue weighted by atomic mass is 10.3. The molecular formula is C9H12N2O2S. The molecule has 1 atom stereocenters. The Labute approximate surface area is 86.2 Å². The zero-order valence-corrected chi connectivity index (χ0v) is 8.54. The summed E-state index contributed by atoms with van der Waals surface area (Å²) < 4.78 is 0. The number of aliphatic carboxylic acids is 1. The SMILES string of the molecule is O=C(O)C(c1nccs1)N1CCCC1. The predicted molar refractivity (Wildman–Crippen MR) is 53.3 cm³/mol. The molecular weight excluding hydrogens is 200 g/mol. The molecule has 5 heteroatoms. The van der Waals surface area contributed by atoms with Crippen LogP contribution >= 0.6 is 11.3 Å². The molecule has 76 valence electrons. The van der Waals surface area contributed by atoms with Gasteiger partial charge in [0.05, 0.1) is 0 Å². The minimum atomic E-state index is -0.790. The number of aromatic nitrogens is 1. The molecule has 0 aliphatic carbocycles. The Hall–Kier alpha value is -0.940. The summed E-state index contributed by atoms with van der Waals surface area (Å²) in [5.74, 6) is -0.790. The molecule has 14 heavy (non-hydrogen) atoms. The lowest BCUT2D eigenvalue weighted by Crippen LogP contribution is -2.31. The first-order valence-corrected chi connectivity index (χ1v) is 5.53. The van der Waals surface area contributed by atoms with Crippen molar-refractivity contribution < 1.29 is 9.90 Å². The van der Waals surface area contributed by atoms with Crippen LogP contribution in [0, 0.1) is 0 Å². The van der Waals surface area contributed by atoms with Gasteiger partial charge in [-0.15, -0.1) is 11.3 Å². The van der Waals surface area contributed by atoms with Crippen LogP contribution in [0.4, 0.5) is 0 Å². The predicted octanol–water partition coefficient (Wildman–Crippen LogP) is 1.36. The van der Waals surface area contributed by atoms with Crippen molar-refractivity contribution in [3.05, 3.63) is 16.6 Å². The maximum absolute atomic E-state index is 11.1. The van der Waals surface area contributed by atoms with Crippen molar-refractivity contribution in [2.24, 2.45) is 0 Å². The fourth-order valence-electron chi connectivity index (χ4n) is 1.79. The molecule has 0 radical (unpaired) electrons. The van der Waals surface area contributed by atoms with Gasteiger partial charge < -0.3 is 5.11 Å². The number of hydrogen-bond donors (Lipinski definition) is 1. The molecule has 0 aromatic carbocycles. The third-order valence-electron chi connectivity index (χ3n) is 2.43. The molecule has 2 rings (SSSR count). The summed E-state index contributed by atoms with van der Waals surface area (Å²) in [5, 5.41) is 11.6. The van der Waals surface area contributed by atoms with Gasteiger partial charge in [0, 0.05) is 11.6 Å². The van der Waals surface area contributed by atoms with E-state index < -0.39 is 12.0 Å². The van der Waals surface area contributed by atoms with Gasteiger partial charge in [-0.25, -0.2) is 4.98 Å². The monoisotopic (exact) mass is 212 g/mol. The highest BCUT2D eigenvalue weighted by Crippen LogP contribution is 2.26. The van der Waals surface area contributed by atoms with Crippen molar-refractivity contribution in [2.45, 2.75) is 18.9 Å². The average molecular weight is 212 g/mol. The summed E-state index contributed by atoms with van der Waals surface area (Å²) in [7, 11) is 0. The Bertz CT molecular complexity index is 307. The quantitative estimate of drug-likeness (QED) is 0.822. The lowest BCUT2D eigenvalue weighted by molar-refractivity contribution is -0.143. The number of carbonyl (C=O) groups is 1. The summed E-state index contributed by atoms with van der Waals surface area (Å²) in [5.41, 5.74) is 0. The van der Waals surface area contributed by atoms with Gasteiger partial charge in [0.1, 0.15) is 5.01 Å². The van der Waals surface area contributed by atoms with Crippen molar-refractivity contribution in [1.82, 2.24) is 9.88 Å². The number of carboxylic acids is 1. The fraction of sp³-hybridized carbons (Fsp3) is 0.556. The van der Waals surface area contributed by atoms with E-state index in [9.17, 15) is 4.79 Å². The second-order valence-corrected chi connectivity index (χ2v) is 4.28. The van der Waals surface area contributed by atoms with E-state index in [1.807, 2.05) is 10.3 Å². The maximum Gasteiger partial charge on any atom is 0.328 e. The zero-order valence-electron chi connectivity index (χ0n) is 7.72. The third kappa shape index (κ3) is 1.78. The van der Waals surface area contributed by atoms with Gasteiger partial charge in [-0.2, -0.15) is 0 Å². The van der Waals surface area contributed by atoms with Gasteiger partial charge in [0.15, 0.2) is 6.04 Å². The van der Waals surface area contributed by atoms with Crippen LogP contribution in [0.3, 0.4) is 0 Å². The molecule has 1 unspecified atom stereocenters. The van der Waals surface area contributed by atoms with Crippen LogP contribution in [-0.2, 0) is 4.79 Å². The van der Waals surface area contributed by atoms with Gasteiger partial charge in [0.2, 0.25) is 0 Å². The van der Waals surface area contributed by atoms with Crippen LogP contribution < -0.4 is 0 Å². The Morgan fingerprint density at radius 2 is 2.29 bits per heavy atom. The number of nitrogens with zero attached hydrogens (tertiary/aromatic N) is 2. The van der Waals surface area contributed by atoms with Crippen LogP contribution in [0.5, 0.6) is 0 Å². The second-order valence-electron chi connectivity index (χ2n) is 3.35. The standard InChI is InChI=1S/C9H12N2O2S/c12-9(13)7(8-10-3-6-14-8)11-4-1-2-5-11/h3,6-7H,1-2,4-5H2,(H,12,13). The Morgan fingerprint density at radius 1 is 1.57 bits per heavy atom. The fourth-order valence-corrected chi connectivity index (χ4v) is 2.55. The van der Waals surface area contributed by atoms with Gasteiger partial charge >= 0.3 is 5.97 Å². The highest BCUT2D eigenvalue weighted by molar-refractivity contribution is 7.09. The Kier molecular flexibility index (Phi) is 2.79. The van der Waals surface area contributed by atoms with Crippen LogP contribution in [0.2, 0.25) is 0 Å². The van der Waals surface area contributed by atoms with E-state index in [1.165, 1.54) is 11.3 Å². The van der Waals surface area contributed by atoms with Crippen molar-refractivity contribution in [3.8, 4) is 0 Å². The van der Waals surface area contributed by atoms with Crippen molar-refractivity contribution in [1.29, 1.82) is 0 Å². The molecule has 4 nitrogen and oxygen atoms in total. The molecule has 0 saturated carbocycles. The molecule has 0 amide bonds. The molecule has 1 aromatic heterocycles. The van der Waals surface area contributed by atoms with E-state index in [1.54, 1.807) is 6.20 Å². The van der Waals surface area contributed by atoms with Crippen LogP contribution in [0.1, 0.15) is 23.9 Å². The van der Waals surface area contributed by atoms with E-state index in [0.717, 1.165) is 25.9 Å². The molecule has 1 aromatic rings. The first kappa shape index (κ1) is 9.61. The van der Waals surface area contributed by atoms with Gasteiger partial charge in [0.25, 0.3) is 0 Å². The largest absolute Gasteiger partial charge is 0.480 e. The zero-order chi connectivity index (χ0) is 9.97. The molecule has 2 heterocycles. The second kappa shape index (κ2) is 4.06. The smallest absolute Gasteiger partial charge is 0.328 e. The molecule has 1 aliphatic rings. The molecule has 1 N–H and O–H groups in total. The summed E-state index contributed by atoms with van der Waals surface area (Å²) in [4.78, 5) is 17.2. The molecule has 1 aliphatic heterocycles. The van der Waals surface area contributed by atoms with Crippen molar-refractivity contribution >= 4 is 17.3 Å². The lowest BCUT2D eigenvalue weighted by Gasteiger charge is -2.21. The number of likely N-dealkylation sites (tertiary alicyclic amines) is 1. The number of carboxylic acid groups (broad SMARTS) is 1. The minimum Gasteiger partial charge on any atom is -0.480 e. The van der Waals surface area contributed by atoms with Crippen LogP contribution in [-0.4, -0.2) is 34.0 Å². The van der Waals surface area contributed by atoms with E-state index in [4.69, 9.17) is 5.11 Å². The third-order valence-corrected chi connectivity index (χ3v) is 3.25. The van der Waals surface area contributed by atoms with E-state index in [2.05, 4.69) is 4.98 Å². The molecule has 0 spiro atoms. The van der Waals surface area contributed by atoms with Crippen LogP contribution in [0.25, 0.3) is 0 Å². The molecule has 1 saturated heterocycles. The normalized spacial score (nSPS) is 19.7. The van der Waals surface area contributed by atoms with Gasteiger partial charge in [-0.1, -0.05) is 0 Å². The maximum atomic E-state index is 11.1. The van der Waals surface area contributed by atoms with E-state index >= 15 is 0 Å². The summed E-state index contributed by atoms with van der Waals surface area (Å²) in [6.45, 7) is 1.74. The summed E-state index contributed by atoms with van der Waals surface area (Å²) in [6, 6.07) is -0.530. The van der Waals surface area contributed by atoms with E-state index in [0.29, 0.717) is 5.01 Å². The van der Waals surface area contributed by atoms with Gasteiger partial charge in [-0.3, -0.25) is 9.69 Å². The van der Waals surface area contributed by atoms with Gasteiger partial charge in [-0.05, 0) is 25.9 Å². The summed E-state index contributed by atoms with van der Waals surface area (Å²) in [6.07, 6.45) is 3.84. The van der Waals surface area contributed by atoms with E-state index in [-0.39, 0.29) is 0 Å². The number of hydrogen-bond acceptors (Lipinski definition) is 4.